The fraction of sp³-hybridized carbons (Fsp3) is 0.934. The first-order valence-electron chi connectivity index (χ1n) is 41.2. The molecule has 0 aliphatic carbocycles. The summed E-state index contributed by atoms with van der Waals surface area (Å²) in [5.74, 6) is 7.42. The minimum absolute atomic E-state index is 0. The van der Waals surface area contributed by atoms with Gasteiger partial charge in [0.05, 0.1) is 0 Å². The minimum atomic E-state index is -2.47. The number of alkyl halides is 2. The van der Waals surface area contributed by atoms with E-state index in [-0.39, 0.29) is 183 Å². The van der Waals surface area contributed by atoms with E-state index in [4.69, 9.17) is 83.5 Å². The van der Waals surface area contributed by atoms with E-state index >= 15 is 0 Å². The molecule has 0 bridgehead atoms. The zero-order chi connectivity index (χ0) is 94.1. The number of rotatable bonds is 53. The molecule has 0 radical (unpaired) electrons. The van der Waals surface area contributed by atoms with E-state index in [1.807, 2.05) is 150 Å². The molecule has 0 aromatic heterocycles. The van der Waals surface area contributed by atoms with E-state index in [1.165, 1.54) is 210 Å². The summed E-state index contributed by atoms with van der Waals surface area (Å²) in [6, 6.07) is 4.22. The van der Waals surface area contributed by atoms with Gasteiger partial charge < -0.3 is 103 Å². The van der Waals surface area contributed by atoms with E-state index < -0.39 is 34.5 Å². The molecule has 0 spiro atoms. The van der Waals surface area contributed by atoms with Crippen LogP contribution in [0.15, 0.2) is 0 Å². The number of carbonyl (C=O) groups excluding carboxylic acids is 4. The van der Waals surface area contributed by atoms with Crippen molar-refractivity contribution in [3.63, 3.8) is 0 Å². The number of nitrogens with zero attached hydrogens (tertiary/aromatic N) is 4. The molecule has 0 aromatic carbocycles. The molecule has 126 heavy (non-hydrogen) atoms. The van der Waals surface area contributed by atoms with Crippen LogP contribution in [0.5, 0.6) is 0 Å². The zero-order valence-electron chi connectivity index (χ0n) is 82.2. The number of aliphatic hydroxyl groups is 2. The number of urea groups is 4. The van der Waals surface area contributed by atoms with Gasteiger partial charge in [-0.15, -0.1) is 36.4 Å². The number of hydrogen-bond acceptors (Lipinski definition) is 33. The Balaban J connectivity index is -0.0000000640. The molecule has 0 aromatic rings. The summed E-state index contributed by atoms with van der Waals surface area (Å²) < 4.78 is 52.4. The number of hydrogen-bond donors (Lipinski definition) is 6. The Morgan fingerprint density at radius 3 is 0.714 bits per heavy atom. The summed E-state index contributed by atoms with van der Waals surface area (Å²) >= 11 is 39.9. The van der Waals surface area contributed by atoms with Crippen molar-refractivity contribution in [2.75, 3.05) is 211 Å². The Morgan fingerprint density at radius 2 is 0.548 bits per heavy atom. The molecule has 0 unspecified atom stereocenters. The van der Waals surface area contributed by atoms with Crippen molar-refractivity contribution in [1.29, 1.82) is 0 Å². The molecular formula is C61H145Cl2N8Na11O17S23Si4. The van der Waals surface area contributed by atoms with Crippen molar-refractivity contribution < 1.29 is 171 Å². The average Bonchev–Trinajstić information content (AvgIpc) is 1.30. The maximum absolute atomic E-state index is 11.4. The Labute approximate surface area is 1060 Å². The topological polar surface area (TPSA) is 299 Å². The van der Waals surface area contributed by atoms with Crippen molar-refractivity contribution in [2.24, 2.45) is 0 Å². The molecule has 0 saturated carbocycles. The number of halogens is 2. The molecule has 8 amide bonds. The number of nitrogens with one attached hydrogen (secondary N) is 4. The normalized spacial score (nSPS) is 12.1. The monoisotopic (exact) mass is 2430 g/mol. The molecule has 6 N–H and O–H groups in total. The van der Waals surface area contributed by atoms with Gasteiger partial charge in [0.15, 0.2) is 0 Å². The molecule has 4 aliphatic heterocycles. The molecular weight excluding hydrogens is 2290 g/mol. The summed E-state index contributed by atoms with van der Waals surface area (Å²) in [5, 5.41) is 44.1. The molecule has 4 heterocycles. The van der Waals surface area contributed by atoms with Crippen LogP contribution in [0.2, 0.25) is 43.8 Å². The molecule has 4 fully saturated rings. The van der Waals surface area contributed by atoms with E-state index in [2.05, 4.69) is 85.7 Å². The third-order valence-electron chi connectivity index (χ3n) is 12.9. The van der Waals surface area contributed by atoms with E-state index in [1.54, 1.807) is 83.7 Å². The predicted octanol–water partition coefficient (Wildman–Crippen LogP) is 2.96. The van der Waals surface area contributed by atoms with Crippen LogP contribution < -0.4 is 120 Å². The second-order valence-corrected chi connectivity index (χ2v) is 60.8. The fourth-order valence-corrected chi connectivity index (χ4v) is 38.1. The first-order valence-corrected chi connectivity index (χ1v) is 107. The number of aliphatic hydroxyl groups excluding tert-OH is 2. The van der Waals surface area contributed by atoms with Crippen LogP contribution in [0.25, 0.3) is 0 Å². The quantitative estimate of drug-likeness (QED) is 0.0221. The Morgan fingerprint density at radius 1 is 0.365 bits per heavy atom. The second kappa shape index (κ2) is 154. The average molecular weight is 2440 g/mol. The van der Waals surface area contributed by atoms with Gasteiger partial charge in [0.25, 0.3) is 0 Å². The van der Waals surface area contributed by atoms with E-state index in [9.17, 15) is 19.2 Å². The van der Waals surface area contributed by atoms with Gasteiger partial charge in [-0.3, -0.25) is 0 Å². The van der Waals surface area contributed by atoms with Crippen molar-refractivity contribution in [1.82, 2.24) is 40.9 Å². The second-order valence-electron chi connectivity index (χ2n) is 21.5. The Hall–Kier alpha value is 16.0. The molecule has 710 valence electrons. The summed E-state index contributed by atoms with van der Waals surface area (Å²) in [4.78, 5) is 51.9. The molecule has 0 atom stereocenters. The third-order valence-corrected chi connectivity index (χ3v) is 49.7. The van der Waals surface area contributed by atoms with Crippen molar-refractivity contribution in [2.45, 2.75) is 160 Å². The molecule has 4 aliphatic rings. The summed E-state index contributed by atoms with van der Waals surface area (Å²) in [6.07, 6.45) is 4.34. The van der Waals surface area contributed by atoms with Gasteiger partial charge in [-0.1, -0.05) is 78.6 Å². The van der Waals surface area contributed by atoms with Crippen molar-refractivity contribution in [3.05, 3.63) is 0 Å². The maximum atomic E-state index is 11.4. The van der Waals surface area contributed by atoms with Crippen LogP contribution >= 0.6 is 187 Å². The van der Waals surface area contributed by atoms with Crippen LogP contribution in [0.3, 0.4) is 0 Å². The van der Waals surface area contributed by atoms with Gasteiger partial charge in [0, 0.05) is 285 Å². The predicted molar refractivity (Wildman–Crippen MR) is 610 cm³/mol. The SMILES string of the molecule is CCO.CCO.CCO[Si](C)(CCCCl)OCC.CCO[Si](C)(CCCSSSSCCC[Si](OCC)(OCC)OCC)OCC.CCO[Si](C)(CCCSSSSCCN1CCNC1=O)OCC.CC[O-].CC[O-].O=C1NCCN1CCCl.O=C1NCCN1CCSSSSCCN1CCNC1=O.S.S.S.S=S=S=S.S=S=S=S.[H-].[HH].[Na+].[Na+].[Na+].[Na][Na].[Na][Na].[Na][Na].[Na][Na]. The van der Waals surface area contributed by atoms with Gasteiger partial charge >= 0.3 is 322 Å². The summed E-state index contributed by atoms with van der Waals surface area (Å²) in [6.45, 7) is 47.5. The number of carbonyl (C=O) groups is 4. The molecule has 65 heteroatoms. The fourth-order valence-electron chi connectivity index (χ4n) is 8.80. The molecule has 4 saturated heterocycles. The zero-order valence-corrected chi connectivity index (χ0v) is 128. The molecule has 4 rings (SSSR count). The Bertz CT molecular complexity index is 2250. The first-order chi connectivity index (χ1) is 57.9. The van der Waals surface area contributed by atoms with Gasteiger partial charge in [-0.25, -0.2) is 19.2 Å². The van der Waals surface area contributed by atoms with Gasteiger partial charge in [0.1, 0.15) is 0 Å². The van der Waals surface area contributed by atoms with Gasteiger partial charge in [0.2, 0.25) is 0 Å². The third kappa shape index (κ3) is 136. The van der Waals surface area contributed by atoms with Gasteiger partial charge in [-0.2, -0.15) is 40.5 Å². The standard InChI is InChI=1S/C17H40O5S4Si2.C13H28N2O3S4Si.C10H18N4O2S4.C8H19ClO2Si.C5H9ClN2O.2C2H6O.2C2H5O.11Na.2S4.3H2S.H2.H/c1-7-18-27(6,19-8-2)16-12-14-23-25-26-24-15-13-17-28(20-9-3,21-10-4)22-11-5;1-4-17-23(3,18-5-2)12-6-10-19-21-22-20-11-9-15-8-7-14-13(15)16;15-9-11-1-3-13(9)5-7-17-19-20-18-8-6-14-4-2-12-10(14)16;1-4-10-12(3,11-5-2)8-6-7-9;6-1-3-8-4-2-7-5(8)9;4*1-2-3;;;;;;;;;;;;2*1-3-4-2;;;;;/h7-17H2,1-6H3;4-12H2,1-3H3,(H,14,16);1-8H2,(H,11,15)(H,12,16);4-8H2,1-3H3;1-4H2,(H,7,9);2*3H,2H2,1H3;2*2H2,1H3;;;;;;;;;;;;;;3*1H2;1H;/q;;;;;;;2*-1;;;;;;;;;3*+1;;;;;;;-1. The number of amides is 8. The molecule has 25 nitrogen and oxygen atoms in total. The van der Waals surface area contributed by atoms with Crippen LogP contribution in [0, 0.1) is 0 Å². The van der Waals surface area contributed by atoms with Crippen LogP contribution in [-0.2, 0) is 120 Å². The first kappa shape index (κ1) is 181. The van der Waals surface area contributed by atoms with E-state index in [0.29, 0.717) is 38.1 Å². The summed E-state index contributed by atoms with van der Waals surface area (Å²) in [7, 11) is 18.4. The van der Waals surface area contributed by atoms with Crippen LogP contribution in [0.1, 0.15) is 119 Å². The summed E-state index contributed by atoms with van der Waals surface area (Å²) in [5.41, 5.74) is 0. The van der Waals surface area contributed by atoms with E-state index in [0.717, 1.165) is 196 Å². The van der Waals surface area contributed by atoms with Crippen molar-refractivity contribution in [3.8, 4) is 0 Å². The van der Waals surface area contributed by atoms with Gasteiger partial charge in [-0.05, 0) is 199 Å². The van der Waals surface area contributed by atoms with Crippen molar-refractivity contribution >= 4 is 501 Å². The van der Waals surface area contributed by atoms with Crippen LogP contribution in [0.4, 0.5) is 19.2 Å². The van der Waals surface area contributed by atoms with Crippen LogP contribution in [-0.4, -0.2) is 474 Å². The Kier molecular flexibility index (Phi) is 221.